The topological polar surface area (TPSA) is 76.1 Å². The second-order valence-corrected chi connectivity index (χ2v) is 5.79. The number of methoxy groups -OCH3 is 1. The summed E-state index contributed by atoms with van der Waals surface area (Å²) in [5, 5.41) is 5.97. The highest BCUT2D eigenvalue weighted by Gasteiger charge is 2.09. The number of hydrogen-bond donors (Lipinski definition) is 2. The molecule has 3 aromatic rings. The van der Waals surface area contributed by atoms with E-state index in [0.29, 0.717) is 18.2 Å². The average molecular weight is 348 g/mol. The molecule has 26 heavy (non-hydrogen) atoms. The molecular formula is C20H20N4O2. The smallest absolute Gasteiger partial charge is 0.274 e. The minimum absolute atomic E-state index is 0.273. The quantitative estimate of drug-likeness (QED) is 0.711. The van der Waals surface area contributed by atoms with Crippen molar-refractivity contribution in [1.82, 2.24) is 9.97 Å². The first-order valence-electron chi connectivity index (χ1n) is 8.22. The zero-order valence-corrected chi connectivity index (χ0v) is 14.7. The van der Waals surface area contributed by atoms with Crippen LogP contribution in [0.2, 0.25) is 0 Å². The van der Waals surface area contributed by atoms with E-state index in [1.165, 1.54) is 0 Å². The molecule has 0 radical (unpaired) electrons. The fourth-order valence-corrected chi connectivity index (χ4v) is 2.41. The number of benzene rings is 2. The number of carbonyl (C=O) groups excluding carboxylic acids is 1. The molecule has 6 nitrogen and oxygen atoms in total. The first-order chi connectivity index (χ1) is 12.6. The molecule has 1 aromatic heterocycles. The molecule has 0 saturated heterocycles. The summed E-state index contributed by atoms with van der Waals surface area (Å²) in [4.78, 5) is 20.8. The standard InChI is InChI=1S/C20H20N4O2/c1-14-4-3-5-16(12-14)23-19(25)18-10-11-21-20(24-18)22-13-15-6-8-17(26-2)9-7-15/h3-12H,13H2,1-2H3,(H,23,25)(H,21,22,24). The van der Waals surface area contributed by atoms with E-state index in [-0.39, 0.29) is 5.91 Å². The largest absolute Gasteiger partial charge is 0.497 e. The van der Waals surface area contributed by atoms with Crippen LogP contribution in [0, 0.1) is 6.92 Å². The van der Waals surface area contributed by atoms with Gasteiger partial charge in [0.2, 0.25) is 5.95 Å². The third-order valence-corrected chi connectivity index (χ3v) is 3.77. The molecule has 2 aromatic carbocycles. The number of hydrogen-bond acceptors (Lipinski definition) is 5. The van der Waals surface area contributed by atoms with E-state index < -0.39 is 0 Å². The van der Waals surface area contributed by atoms with Crippen LogP contribution in [0.3, 0.4) is 0 Å². The van der Waals surface area contributed by atoms with Crippen molar-refractivity contribution >= 4 is 17.5 Å². The van der Waals surface area contributed by atoms with Crippen LogP contribution in [-0.2, 0) is 6.54 Å². The second-order valence-electron chi connectivity index (χ2n) is 5.79. The van der Waals surface area contributed by atoms with Gasteiger partial charge in [-0.25, -0.2) is 9.97 Å². The Morgan fingerprint density at radius 3 is 2.65 bits per heavy atom. The van der Waals surface area contributed by atoms with Gasteiger partial charge in [0, 0.05) is 18.4 Å². The zero-order chi connectivity index (χ0) is 18.4. The van der Waals surface area contributed by atoms with Crippen LogP contribution < -0.4 is 15.4 Å². The zero-order valence-electron chi connectivity index (χ0n) is 14.7. The Morgan fingerprint density at radius 1 is 1.12 bits per heavy atom. The van der Waals surface area contributed by atoms with Crippen molar-refractivity contribution in [1.29, 1.82) is 0 Å². The van der Waals surface area contributed by atoms with Crippen molar-refractivity contribution < 1.29 is 9.53 Å². The summed E-state index contributed by atoms with van der Waals surface area (Å²) in [6.45, 7) is 2.52. The van der Waals surface area contributed by atoms with Crippen LogP contribution in [0.5, 0.6) is 5.75 Å². The lowest BCUT2D eigenvalue weighted by molar-refractivity contribution is 0.102. The van der Waals surface area contributed by atoms with Crippen molar-refractivity contribution in [3.05, 3.63) is 77.6 Å². The number of rotatable bonds is 6. The Bertz CT molecular complexity index is 894. The minimum atomic E-state index is -0.273. The lowest BCUT2D eigenvalue weighted by atomic mass is 10.2. The molecule has 0 spiro atoms. The summed E-state index contributed by atoms with van der Waals surface area (Å²) in [6, 6.07) is 16.9. The molecular weight excluding hydrogens is 328 g/mol. The van der Waals surface area contributed by atoms with Crippen LogP contribution in [-0.4, -0.2) is 23.0 Å². The van der Waals surface area contributed by atoms with E-state index in [1.807, 2.05) is 55.5 Å². The van der Waals surface area contributed by atoms with E-state index in [2.05, 4.69) is 20.6 Å². The van der Waals surface area contributed by atoms with E-state index in [0.717, 1.165) is 22.6 Å². The van der Waals surface area contributed by atoms with Crippen molar-refractivity contribution in [3.63, 3.8) is 0 Å². The Balaban J connectivity index is 1.64. The van der Waals surface area contributed by atoms with Crippen LogP contribution in [0.25, 0.3) is 0 Å². The average Bonchev–Trinajstić information content (AvgIpc) is 2.67. The number of aryl methyl sites for hydroxylation is 1. The molecule has 0 atom stereocenters. The van der Waals surface area contributed by atoms with Gasteiger partial charge in [-0.3, -0.25) is 4.79 Å². The third kappa shape index (κ3) is 4.57. The Hall–Kier alpha value is -3.41. The van der Waals surface area contributed by atoms with Gasteiger partial charge in [0.1, 0.15) is 11.4 Å². The number of nitrogens with zero attached hydrogens (tertiary/aromatic N) is 2. The number of carbonyl (C=O) groups is 1. The number of amides is 1. The fraction of sp³-hybridized carbons (Fsp3) is 0.150. The normalized spacial score (nSPS) is 10.2. The van der Waals surface area contributed by atoms with Crippen molar-refractivity contribution in [2.75, 3.05) is 17.7 Å². The fourth-order valence-electron chi connectivity index (χ4n) is 2.41. The summed E-state index contributed by atoms with van der Waals surface area (Å²) in [7, 11) is 1.63. The van der Waals surface area contributed by atoms with Gasteiger partial charge in [0.15, 0.2) is 0 Å². The monoisotopic (exact) mass is 348 g/mol. The minimum Gasteiger partial charge on any atom is -0.497 e. The summed E-state index contributed by atoms with van der Waals surface area (Å²) in [5.74, 6) is 0.933. The molecule has 0 fully saturated rings. The maximum atomic E-state index is 12.4. The van der Waals surface area contributed by atoms with Gasteiger partial charge < -0.3 is 15.4 Å². The molecule has 132 valence electrons. The molecule has 0 aliphatic carbocycles. The highest BCUT2D eigenvalue weighted by atomic mass is 16.5. The lowest BCUT2D eigenvalue weighted by Gasteiger charge is -2.08. The first-order valence-corrected chi connectivity index (χ1v) is 8.22. The predicted molar refractivity (Wildman–Crippen MR) is 101 cm³/mol. The van der Waals surface area contributed by atoms with E-state index in [1.54, 1.807) is 19.4 Å². The Kier molecular flexibility index (Phi) is 5.43. The van der Waals surface area contributed by atoms with Crippen LogP contribution in [0.15, 0.2) is 60.8 Å². The lowest BCUT2D eigenvalue weighted by Crippen LogP contribution is -2.15. The molecule has 3 rings (SSSR count). The number of nitrogens with one attached hydrogen (secondary N) is 2. The van der Waals surface area contributed by atoms with Gasteiger partial charge in [0.25, 0.3) is 5.91 Å². The van der Waals surface area contributed by atoms with Gasteiger partial charge in [0.05, 0.1) is 7.11 Å². The molecule has 1 heterocycles. The summed E-state index contributed by atoms with van der Waals surface area (Å²) in [6.07, 6.45) is 1.56. The van der Waals surface area contributed by atoms with Gasteiger partial charge in [-0.1, -0.05) is 24.3 Å². The summed E-state index contributed by atoms with van der Waals surface area (Å²) in [5.41, 5.74) is 3.18. The maximum Gasteiger partial charge on any atom is 0.274 e. The van der Waals surface area contributed by atoms with Gasteiger partial charge in [-0.2, -0.15) is 0 Å². The highest BCUT2D eigenvalue weighted by molar-refractivity contribution is 6.03. The first kappa shape index (κ1) is 17.4. The molecule has 0 aliphatic rings. The van der Waals surface area contributed by atoms with Crippen LogP contribution >= 0.6 is 0 Å². The van der Waals surface area contributed by atoms with Crippen molar-refractivity contribution in [3.8, 4) is 5.75 Å². The Labute approximate surface area is 152 Å². The Morgan fingerprint density at radius 2 is 1.92 bits per heavy atom. The van der Waals surface area contributed by atoms with E-state index in [4.69, 9.17) is 4.74 Å². The summed E-state index contributed by atoms with van der Waals surface area (Å²) < 4.78 is 5.14. The molecule has 0 unspecified atom stereocenters. The number of aromatic nitrogens is 2. The highest BCUT2D eigenvalue weighted by Crippen LogP contribution is 2.13. The van der Waals surface area contributed by atoms with E-state index in [9.17, 15) is 4.79 Å². The second kappa shape index (κ2) is 8.11. The molecule has 0 saturated carbocycles. The molecule has 0 bridgehead atoms. The van der Waals surface area contributed by atoms with Gasteiger partial charge in [-0.05, 0) is 48.4 Å². The van der Waals surface area contributed by atoms with Gasteiger partial charge >= 0.3 is 0 Å². The molecule has 2 N–H and O–H groups in total. The van der Waals surface area contributed by atoms with Crippen molar-refractivity contribution in [2.24, 2.45) is 0 Å². The predicted octanol–water partition coefficient (Wildman–Crippen LogP) is 3.66. The molecule has 6 heteroatoms. The van der Waals surface area contributed by atoms with Crippen LogP contribution in [0.1, 0.15) is 21.6 Å². The number of anilines is 2. The molecule has 1 amide bonds. The number of ether oxygens (including phenoxy) is 1. The maximum absolute atomic E-state index is 12.4. The van der Waals surface area contributed by atoms with E-state index >= 15 is 0 Å². The van der Waals surface area contributed by atoms with Crippen LogP contribution in [0.4, 0.5) is 11.6 Å². The summed E-state index contributed by atoms with van der Waals surface area (Å²) >= 11 is 0. The SMILES string of the molecule is COc1ccc(CNc2nccc(C(=O)Nc3cccc(C)c3)n2)cc1. The molecule has 0 aliphatic heterocycles. The third-order valence-electron chi connectivity index (χ3n) is 3.77. The van der Waals surface area contributed by atoms with Gasteiger partial charge in [-0.15, -0.1) is 0 Å². The van der Waals surface area contributed by atoms with Crippen molar-refractivity contribution in [2.45, 2.75) is 13.5 Å².